The summed E-state index contributed by atoms with van der Waals surface area (Å²) in [6.07, 6.45) is 1.27. The van der Waals surface area contributed by atoms with Gasteiger partial charge in [0, 0.05) is 9.75 Å². The maximum atomic E-state index is 12.2. The average Bonchev–Trinajstić information content (AvgIpc) is 2.91. The topological polar surface area (TPSA) is 66.4 Å². The highest BCUT2D eigenvalue weighted by atomic mass is 32.1. The second kappa shape index (κ2) is 5.95. The van der Waals surface area contributed by atoms with E-state index in [9.17, 15) is 14.7 Å². The van der Waals surface area contributed by atoms with Gasteiger partial charge in [0.2, 0.25) is 5.91 Å². The molecule has 1 fully saturated rings. The Morgan fingerprint density at radius 3 is 2.55 bits per heavy atom. The van der Waals surface area contributed by atoms with E-state index in [1.165, 1.54) is 10.4 Å². The summed E-state index contributed by atoms with van der Waals surface area (Å²) in [5.74, 6) is -1.58. The van der Waals surface area contributed by atoms with Crippen LogP contribution in [0, 0.1) is 31.6 Å². The van der Waals surface area contributed by atoms with E-state index < -0.39 is 11.9 Å². The molecule has 20 heavy (non-hydrogen) atoms. The van der Waals surface area contributed by atoms with Crippen molar-refractivity contribution in [3.63, 3.8) is 0 Å². The van der Waals surface area contributed by atoms with Crippen molar-refractivity contribution >= 4 is 23.2 Å². The van der Waals surface area contributed by atoms with Crippen LogP contribution in [0.15, 0.2) is 6.07 Å². The number of nitrogens with one attached hydrogen (secondary N) is 1. The second-order valence-electron chi connectivity index (χ2n) is 5.80. The largest absolute Gasteiger partial charge is 0.481 e. The molecule has 1 amide bonds. The van der Waals surface area contributed by atoms with Crippen molar-refractivity contribution < 1.29 is 14.7 Å². The minimum Gasteiger partial charge on any atom is -0.481 e. The van der Waals surface area contributed by atoms with Crippen molar-refractivity contribution in [2.45, 2.75) is 40.2 Å². The monoisotopic (exact) mass is 295 g/mol. The van der Waals surface area contributed by atoms with Gasteiger partial charge in [0.1, 0.15) is 0 Å². The second-order valence-corrected chi connectivity index (χ2v) is 7.14. The summed E-state index contributed by atoms with van der Waals surface area (Å²) in [5.41, 5.74) is 1.23. The minimum atomic E-state index is -0.850. The number of carbonyl (C=O) groups excluding carboxylic acids is 1. The van der Waals surface area contributed by atoms with Crippen molar-refractivity contribution in [1.29, 1.82) is 0 Å². The van der Waals surface area contributed by atoms with Crippen LogP contribution in [0.4, 0.5) is 0 Å². The molecule has 2 N–H and O–H groups in total. The van der Waals surface area contributed by atoms with Crippen molar-refractivity contribution in [3.8, 4) is 0 Å². The normalized spacial score (nSPS) is 25.6. The summed E-state index contributed by atoms with van der Waals surface area (Å²) in [5, 5.41) is 12.1. The number of aliphatic carboxylic acids is 1. The van der Waals surface area contributed by atoms with Crippen molar-refractivity contribution in [2.75, 3.05) is 0 Å². The van der Waals surface area contributed by atoms with Gasteiger partial charge in [0.25, 0.3) is 0 Å². The molecule has 0 radical (unpaired) electrons. The number of hydrogen-bond donors (Lipinski definition) is 2. The van der Waals surface area contributed by atoms with Crippen molar-refractivity contribution in [1.82, 2.24) is 5.32 Å². The highest BCUT2D eigenvalue weighted by Gasteiger charge is 2.41. The van der Waals surface area contributed by atoms with E-state index >= 15 is 0 Å². The van der Waals surface area contributed by atoms with Gasteiger partial charge in [0.05, 0.1) is 18.4 Å². The van der Waals surface area contributed by atoms with Gasteiger partial charge in [-0.2, -0.15) is 0 Å². The number of thiophene rings is 1. The predicted molar refractivity (Wildman–Crippen MR) is 78.7 cm³/mol. The number of aryl methyl sites for hydroxylation is 2. The lowest BCUT2D eigenvalue weighted by atomic mass is 9.95. The van der Waals surface area contributed by atoms with Gasteiger partial charge in [0.15, 0.2) is 0 Å². The number of hydrogen-bond acceptors (Lipinski definition) is 3. The Kier molecular flexibility index (Phi) is 4.48. The first-order chi connectivity index (χ1) is 9.38. The number of carbonyl (C=O) groups is 2. The minimum absolute atomic E-state index is 0.120. The van der Waals surface area contributed by atoms with E-state index in [0.29, 0.717) is 25.3 Å². The van der Waals surface area contributed by atoms with Gasteiger partial charge >= 0.3 is 5.97 Å². The number of carboxylic acid groups (broad SMARTS) is 1. The van der Waals surface area contributed by atoms with E-state index in [1.807, 2.05) is 6.92 Å². The van der Waals surface area contributed by atoms with E-state index in [4.69, 9.17) is 0 Å². The summed E-state index contributed by atoms with van der Waals surface area (Å²) < 4.78 is 0. The van der Waals surface area contributed by atoms with Crippen LogP contribution in [0.5, 0.6) is 0 Å². The van der Waals surface area contributed by atoms with Crippen LogP contribution < -0.4 is 5.32 Å². The first kappa shape index (κ1) is 15.0. The molecule has 2 rings (SSSR count). The molecule has 3 atom stereocenters. The molecule has 1 aliphatic rings. The SMILES string of the molecule is Cc1cc(CNC(=O)C2CC(C)CC2C(=O)O)sc1C. The third kappa shape index (κ3) is 3.20. The number of carboxylic acids is 1. The Hall–Kier alpha value is -1.36. The average molecular weight is 295 g/mol. The highest BCUT2D eigenvalue weighted by molar-refractivity contribution is 7.12. The molecule has 0 spiro atoms. The lowest BCUT2D eigenvalue weighted by Gasteiger charge is -2.15. The van der Waals surface area contributed by atoms with Crippen LogP contribution in [0.2, 0.25) is 0 Å². The molecule has 4 nitrogen and oxygen atoms in total. The highest BCUT2D eigenvalue weighted by Crippen LogP contribution is 2.36. The molecule has 1 heterocycles. The van der Waals surface area contributed by atoms with Crippen molar-refractivity contribution in [3.05, 3.63) is 21.4 Å². The zero-order valence-corrected chi connectivity index (χ0v) is 12.9. The fraction of sp³-hybridized carbons (Fsp3) is 0.600. The Morgan fingerprint density at radius 1 is 1.35 bits per heavy atom. The Bertz CT molecular complexity index is 504. The van der Waals surface area contributed by atoms with Crippen LogP contribution in [0.3, 0.4) is 0 Å². The first-order valence-electron chi connectivity index (χ1n) is 6.95. The fourth-order valence-electron chi connectivity index (χ4n) is 2.90. The van der Waals surface area contributed by atoms with E-state index in [-0.39, 0.29) is 11.8 Å². The molecule has 0 aliphatic heterocycles. The van der Waals surface area contributed by atoms with E-state index in [1.54, 1.807) is 11.3 Å². The van der Waals surface area contributed by atoms with Gasteiger partial charge in [-0.15, -0.1) is 11.3 Å². The lowest BCUT2D eigenvalue weighted by Crippen LogP contribution is -2.34. The van der Waals surface area contributed by atoms with Crippen LogP contribution in [0.1, 0.15) is 35.1 Å². The summed E-state index contributed by atoms with van der Waals surface area (Å²) in [6, 6.07) is 2.08. The Balaban J connectivity index is 1.95. The molecular formula is C15H21NO3S. The Morgan fingerprint density at radius 2 is 2.00 bits per heavy atom. The summed E-state index contributed by atoms with van der Waals surface area (Å²) >= 11 is 1.68. The third-order valence-corrected chi connectivity index (χ3v) is 5.26. The molecule has 1 aromatic rings. The van der Waals surface area contributed by atoms with E-state index in [2.05, 4.69) is 25.2 Å². The molecule has 5 heteroatoms. The van der Waals surface area contributed by atoms with Gasteiger partial charge in [-0.25, -0.2) is 0 Å². The van der Waals surface area contributed by atoms with Crippen LogP contribution in [-0.2, 0) is 16.1 Å². The summed E-state index contributed by atoms with van der Waals surface area (Å²) in [7, 11) is 0. The standard InChI is InChI=1S/C15H21NO3S/c1-8-4-12(13(5-8)15(18)19)14(17)16-7-11-6-9(2)10(3)20-11/h6,8,12-13H,4-5,7H2,1-3H3,(H,16,17)(H,18,19). The summed E-state index contributed by atoms with van der Waals surface area (Å²) in [6.45, 7) is 6.62. The molecule has 1 aliphatic carbocycles. The molecule has 0 aromatic carbocycles. The Labute approximate surface area is 123 Å². The maximum Gasteiger partial charge on any atom is 0.307 e. The third-order valence-electron chi connectivity index (χ3n) is 4.11. The number of rotatable bonds is 4. The molecule has 0 bridgehead atoms. The molecular weight excluding hydrogens is 274 g/mol. The van der Waals surface area contributed by atoms with Gasteiger partial charge in [-0.1, -0.05) is 6.92 Å². The van der Waals surface area contributed by atoms with E-state index in [0.717, 1.165) is 4.88 Å². The molecule has 110 valence electrons. The van der Waals surface area contributed by atoms with Crippen LogP contribution in [0.25, 0.3) is 0 Å². The molecule has 0 saturated heterocycles. The molecule has 3 unspecified atom stereocenters. The molecule has 1 saturated carbocycles. The van der Waals surface area contributed by atoms with Gasteiger partial charge in [-0.05, 0) is 44.2 Å². The van der Waals surface area contributed by atoms with Crippen LogP contribution >= 0.6 is 11.3 Å². The zero-order chi connectivity index (χ0) is 14.9. The quantitative estimate of drug-likeness (QED) is 0.897. The first-order valence-corrected chi connectivity index (χ1v) is 7.76. The lowest BCUT2D eigenvalue weighted by molar-refractivity contribution is -0.146. The van der Waals surface area contributed by atoms with Crippen LogP contribution in [-0.4, -0.2) is 17.0 Å². The maximum absolute atomic E-state index is 12.2. The van der Waals surface area contributed by atoms with Gasteiger partial charge in [-0.3, -0.25) is 9.59 Å². The summed E-state index contributed by atoms with van der Waals surface area (Å²) in [4.78, 5) is 25.8. The predicted octanol–water partition coefficient (Wildman–Crippen LogP) is 2.73. The zero-order valence-electron chi connectivity index (χ0n) is 12.1. The number of amides is 1. The smallest absolute Gasteiger partial charge is 0.307 e. The van der Waals surface area contributed by atoms with Crippen molar-refractivity contribution in [2.24, 2.45) is 17.8 Å². The van der Waals surface area contributed by atoms with Gasteiger partial charge < -0.3 is 10.4 Å². The molecule has 1 aromatic heterocycles. The fourth-order valence-corrected chi connectivity index (χ4v) is 3.89.